The third-order valence-electron chi connectivity index (χ3n) is 4.44. The van der Waals surface area contributed by atoms with Gasteiger partial charge in [-0.1, -0.05) is 0 Å². The first kappa shape index (κ1) is 18.6. The van der Waals surface area contributed by atoms with Crippen molar-refractivity contribution in [1.82, 2.24) is 14.5 Å². The maximum absolute atomic E-state index is 12.2. The van der Waals surface area contributed by atoms with Crippen molar-refractivity contribution >= 4 is 15.9 Å². The van der Waals surface area contributed by atoms with Crippen LogP contribution in [0.1, 0.15) is 33.1 Å². The van der Waals surface area contributed by atoms with Crippen molar-refractivity contribution in [1.29, 1.82) is 0 Å². The van der Waals surface area contributed by atoms with Crippen LogP contribution in [0.25, 0.3) is 0 Å². The fourth-order valence-corrected chi connectivity index (χ4v) is 4.28. The molecule has 1 amide bonds. The molecule has 0 radical (unpaired) electrons. The maximum Gasteiger partial charge on any atom is 0.224 e. The number of carbonyl (C=O) groups is 1. The predicted octanol–water partition coefficient (Wildman–Crippen LogP) is 0.0259. The van der Waals surface area contributed by atoms with Crippen molar-refractivity contribution in [3.8, 4) is 0 Å². The van der Waals surface area contributed by atoms with Crippen LogP contribution in [-0.2, 0) is 19.6 Å². The van der Waals surface area contributed by atoms with Crippen LogP contribution in [0.15, 0.2) is 0 Å². The molecule has 2 aliphatic rings. The number of amides is 1. The fraction of sp³-hybridized carbons (Fsp3) is 0.933. The molecule has 7 nitrogen and oxygen atoms in total. The van der Waals surface area contributed by atoms with Crippen LogP contribution in [0.4, 0.5) is 0 Å². The smallest absolute Gasteiger partial charge is 0.224 e. The standard InChI is InChI=1S/C15H29N3O4S/c1-12(2)22-8-9-23(20,21)16-13-10-15(19)18(11-13)14-4-6-17(3)7-5-14/h12-14,16H,4-11H2,1-3H3. The van der Waals surface area contributed by atoms with Crippen molar-refractivity contribution in [3.63, 3.8) is 0 Å². The van der Waals surface area contributed by atoms with Crippen molar-refractivity contribution < 1.29 is 17.9 Å². The van der Waals surface area contributed by atoms with E-state index in [1.54, 1.807) is 0 Å². The van der Waals surface area contributed by atoms with E-state index in [1.165, 1.54) is 0 Å². The molecule has 23 heavy (non-hydrogen) atoms. The van der Waals surface area contributed by atoms with Crippen LogP contribution < -0.4 is 4.72 Å². The van der Waals surface area contributed by atoms with Gasteiger partial charge in [-0.15, -0.1) is 0 Å². The molecule has 2 rings (SSSR count). The molecule has 2 heterocycles. The van der Waals surface area contributed by atoms with E-state index >= 15 is 0 Å². The first-order chi connectivity index (χ1) is 10.8. The number of carbonyl (C=O) groups excluding carboxylic acids is 1. The number of hydrogen-bond donors (Lipinski definition) is 1. The molecular formula is C15H29N3O4S. The minimum absolute atomic E-state index is 0.0122. The second-order valence-electron chi connectivity index (χ2n) is 6.84. The highest BCUT2D eigenvalue weighted by Gasteiger charge is 2.36. The molecule has 8 heteroatoms. The molecule has 0 bridgehead atoms. The SMILES string of the molecule is CC(C)OCCS(=O)(=O)NC1CC(=O)N(C2CCN(C)CC2)C1. The van der Waals surface area contributed by atoms with E-state index in [1.807, 2.05) is 18.7 Å². The number of ether oxygens (including phenoxy) is 1. The number of piperidine rings is 1. The summed E-state index contributed by atoms with van der Waals surface area (Å²) in [6.45, 7) is 6.36. The van der Waals surface area contributed by atoms with Gasteiger partial charge in [0.15, 0.2) is 0 Å². The molecule has 0 aromatic rings. The van der Waals surface area contributed by atoms with Gasteiger partial charge in [-0.3, -0.25) is 4.79 Å². The third kappa shape index (κ3) is 5.70. The first-order valence-electron chi connectivity index (χ1n) is 8.36. The molecular weight excluding hydrogens is 318 g/mol. The van der Waals surface area contributed by atoms with Crippen molar-refractivity contribution in [3.05, 3.63) is 0 Å². The topological polar surface area (TPSA) is 78.9 Å². The number of nitrogens with one attached hydrogen (secondary N) is 1. The van der Waals surface area contributed by atoms with Gasteiger partial charge in [-0.25, -0.2) is 13.1 Å². The van der Waals surface area contributed by atoms with E-state index in [2.05, 4.69) is 16.7 Å². The summed E-state index contributed by atoms with van der Waals surface area (Å²) >= 11 is 0. The Kier molecular flexibility index (Phi) is 6.41. The van der Waals surface area contributed by atoms with Gasteiger partial charge in [0.2, 0.25) is 15.9 Å². The molecule has 0 aliphatic carbocycles. The highest BCUT2D eigenvalue weighted by molar-refractivity contribution is 7.89. The molecule has 1 N–H and O–H groups in total. The van der Waals surface area contributed by atoms with Crippen LogP contribution in [0.3, 0.4) is 0 Å². The van der Waals surface area contributed by atoms with Gasteiger partial charge >= 0.3 is 0 Å². The van der Waals surface area contributed by atoms with Crippen molar-refractivity contribution in [2.24, 2.45) is 0 Å². The Labute approximate surface area is 139 Å². The van der Waals surface area contributed by atoms with E-state index in [4.69, 9.17) is 4.74 Å². The number of sulfonamides is 1. The number of likely N-dealkylation sites (tertiary alicyclic amines) is 2. The normalized spacial score (nSPS) is 24.8. The average Bonchev–Trinajstić information content (AvgIpc) is 2.78. The van der Waals surface area contributed by atoms with E-state index in [0.717, 1.165) is 25.9 Å². The molecule has 134 valence electrons. The molecule has 0 spiro atoms. The summed E-state index contributed by atoms with van der Waals surface area (Å²) in [5, 5.41) is 0. The number of nitrogens with zero attached hydrogens (tertiary/aromatic N) is 2. The lowest BCUT2D eigenvalue weighted by atomic mass is 10.0. The van der Waals surface area contributed by atoms with Crippen LogP contribution in [-0.4, -0.2) is 81.4 Å². The molecule has 2 fully saturated rings. The lowest BCUT2D eigenvalue weighted by molar-refractivity contribution is -0.130. The molecule has 0 saturated carbocycles. The van der Waals surface area contributed by atoms with Crippen LogP contribution in [0.2, 0.25) is 0 Å². The first-order valence-corrected chi connectivity index (χ1v) is 10.0. The zero-order valence-corrected chi connectivity index (χ0v) is 15.1. The second kappa shape index (κ2) is 7.92. The van der Waals surface area contributed by atoms with E-state index < -0.39 is 10.0 Å². The van der Waals surface area contributed by atoms with E-state index in [-0.39, 0.29) is 42.9 Å². The number of rotatable bonds is 7. The lowest BCUT2D eigenvalue weighted by Crippen LogP contribution is -2.46. The summed E-state index contributed by atoms with van der Waals surface area (Å²) < 4.78 is 32.1. The van der Waals surface area contributed by atoms with E-state index in [0.29, 0.717) is 6.54 Å². The summed E-state index contributed by atoms with van der Waals surface area (Å²) in [7, 11) is -1.33. The Bertz CT molecular complexity index is 501. The highest BCUT2D eigenvalue weighted by atomic mass is 32.2. The Morgan fingerprint density at radius 3 is 2.57 bits per heavy atom. The summed E-state index contributed by atoms with van der Waals surface area (Å²) in [5.74, 6) is -0.00457. The van der Waals surface area contributed by atoms with Gasteiger partial charge in [-0.2, -0.15) is 0 Å². The molecule has 1 unspecified atom stereocenters. The molecule has 1 atom stereocenters. The quantitative estimate of drug-likeness (QED) is 0.703. The Morgan fingerprint density at radius 1 is 1.30 bits per heavy atom. The summed E-state index contributed by atoms with van der Waals surface area (Å²) in [5.41, 5.74) is 0. The number of hydrogen-bond acceptors (Lipinski definition) is 5. The highest BCUT2D eigenvalue weighted by Crippen LogP contribution is 2.22. The van der Waals surface area contributed by atoms with Gasteiger partial charge in [0.25, 0.3) is 0 Å². The van der Waals surface area contributed by atoms with Gasteiger partial charge in [0, 0.05) is 25.0 Å². The monoisotopic (exact) mass is 347 g/mol. The molecule has 2 saturated heterocycles. The van der Waals surface area contributed by atoms with Gasteiger partial charge in [0.05, 0.1) is 18.5 Å². The Hall–Kier alpha value is -0.700. The van der Waals surface area contributed by atoms with Gasteiger partial charge < -0.3 is 14.5 Å². The lowest BCUT2D eigenvalue weighted by Gasteiger charge is -2.35. The van der Waals surface area contributed by atoms with Gasteiger partial charge in [-0.05, 0) is 46.8 Å². The molecule has 2 aliphatic heterocycles. The Balaban J connectivity index is 1.82. The summed E-state index contributed by atoms with van der Waals surface area (Å²) in [6.07, 6.45) is 2.20. The zero-order chi connectivity index (χ0) is 17.0. The van der Waals surface area contributed by atoms with Crippen molar-refractivity contribution in [2.45, 2.75) is 51.3 Å². The predicted molar refractivity (Wildman–Crippen MR) is 88.6 cm³/mol. The van der Waals surface area contributed by atoms with Crippen LogP contribution in [0.5, 0.6) is 0 Å². The fourth-order valence-electron chi connectivity index (χ4n) is 3.18. The van der Waals surface area contributed by atoms with Gasteiger partial charge in [0.1, 0.15) is 0 Å². The molecule has 0 aromatic heterocycles. The maximum atomic E-state index is 12.2. The van der Waals surface area contributed by atoms with Crippen molar-refractivity contribution in [2.75, 3.05) is 39.0 Å². The largest absolute Gasteiger partial charge is 0.378 e. The third-order valence-corrected chi connectivity index (χ3v) is 5.83. The summed E-state index contributed by atoms with van der Waals surface area (Å²) in [6, 6.07) is -0.0660. The average molecular weight is 347 g/mol. The van der Waals surface area contributed by atoms with Crippen LogP contribution in [0, 0.1) is 0 Å². The minimum Gasteiger partial charge on any atom is -0.378 e. The second-order valence-corrected chi connectivity index (χ2v) is 8.71. The minimum atomic E-state index is -3.41. The van der Waals surface area contributed by atoms with Crippen LogP contribution >= 0.6 is 0 Å². The zero-order valence-electron chi connectivity index (χ0n) is 14.3. The Morgan fingerprint density at radius 2 is 1.96 bits per heavy atom. The van der Waals surface area contributed by atoms with E-state index in [9.17, 15) is 13.2 Å². The molecule has 0 aromatic carbocycles. The summed E-state index contributed by atoms with van der Waals surface area (Å²) in [4.78, 5) is 16.3.